The fourth-order valence-electron chi connectivity index (χ4n) is 12.6. The van der Waals surface area contributed by atoms with Crippen LogP contribution in [0.1, 0.15) is 153 Å². The van der Waals surface area contributed by atoms with Crippen LogP contribution in [0.5, 0.6) is 0 Å². The molecule has 0 nitrogen and oxygen atoms in total. The molecule has 2 aliphatic carbocycles. The van der Waals surface area contributed by atoms with E-state index in [0.29, 0.717) is 10.8 Å². The van der Waals surface area contributed by atoms with E-state index in [1.807, 2.05) is 0 Å². The molecule has 0 N–H and O–H groups in total. The van der Waals surface area contributed by atoms with Crippen molar-refractivity contribution in [1.29, 1.82) is 0 Å². The predicted molar refractivity (Wildman–Crippen MR) is 310 cm³/mol. The van der Waals surface area contributed by atoms with Gasteiger partial charge in [-0.05, 0) is 107 Å². The van der Waals surface area contributed by atoms with Gasteiger partial charge in [0.15, 0.2) is 0 Å². The third-order valence-corrected chi connectivity index (χ3v) is 15.8. The predicted octanol–water partition coefficient (Wildman–Crippen LogP) is 21.8. The minimum absolute atomic E-state index is 0.507. The quantitative estimate of drug-likeness (QED) is 0.0946. The number of rotatable bonds is 10. The standard InChI is InChI=1S/2C32H37.C2H6Si.2ClH.Zr/c2*1-2-18-32(19-9-5-3-4-6-10-20-32)24-25-21-28-14-11-15-30(31(28)22-25)29-17-16-26-12-7-8-13-27(26)23-29;1-3-2;;;/h2*7-8,11-17,21-23H,2-6,9-10,18-20,24H2,1H3;1-2H3;2*1H;/q2*-1;;;;+4/p-2. The van der Waals surface area contributed by atoms with Crippen molar-refractivity contribution >= 4 is 69.6 Å². The van der Waals surface area contributed by atoms with Crippen LogP contribution in [-0.2, 0) is 33.7 Å². The number of fused-ring (bicyclic) bond motifs is 4. The number of hydrogen-bond donors (Lipinski definition) is 0. The fourth-order valence-corrected chi connectivity index (χ4v) is 12.6. The van der Waals surface area contributed by atoms with Crippen LogP contribution in [-0.4, -0.2) is 9.52 Å². The average Bonchev–Trinajstić information content (AvgIpc) is 4.03. The first-order valence-corrected chi connectivity index (χ1v) is 35.6. The third kappa shape index (κ3) is 14.9. The van der Waals surface area contributed by atoms with E-state index in [4.69, 9.17) is 17.0 Å². The maximum atomic E-state index is 4.93. The Labute approximate surface area is 445 Å². The molecule has 0 heterocycles. The second-order valence-corrected chi connectivity index (χ2v) is 25.9. The second-order valence-electron chi connectivity index (χ2n) is 21.1. The van der Waals surface area contributed by atoms with Crippen molar-refractivity contribution in [2.45, 2.75) is 168 Å². The Kier molecular flexibility index (Phi) is 22.0. The molecule has 2 saturated carbocycles. The van der Waals surface area contributed by atoms with Crippen molar-refractivity contribution in [3.8, 4) is 22.3 Å². The molecule has 0 saturated heterocycles. The van der Waals surface area contributed by atoms with Crippen LogP contribution in [0.4, 0.5) is 0 Å². The maximum absolute atomic E-state index is 4.93. The summed E-state index contributed by atoms with van der Waals surface area (Å²) in [5.74, 6) is 0. The van der Waals surface area contributed by atoms with E-state index >= 15 is 0 Å². The Hall–Kier alpha value is -3.26. The van der Waals surface area contributed by atoms with Crippen molar-refractivity contribution < 1.29 is 20.8 Å². The van der Waals surface area contributed by atoms with Crippen LogP contribution in [0.2, 0.25) is 13.1 Å². The summed E-state index contributed by atoms with van der Waals surface area (Å²) >= 11 is -0.826. The van der Waals surface area contributed by atoms with Crippen molar-refractivity contribution in [1.82, 2.24) is 0 Å². The molecular weight excluding hydrogens is 983 g/mol. The summed E-state index contributed by atoms with van der Waals surface area (Å²) in [6, 6.07) is 54.9. The summed E-state index contributed by atoms with van der Waals surface area (Å²) in [4.78, 5) is 0. The van der Waals surface area contributed by atoms with Gasteiger partial charge in [0.2, 0.25) is 0 Å². The molecule has 0 aliphatic heterocycles. The molecule has 0 bridgehead atoms. The minimum atomic E-state index is -0.826. The van der Waals surface area contributed by atoms with Gasteiger partial charge in [-0.2, -0.15) is 12.1 Å². The Balaban J connectivity index is 0.000000186. The Bertz CT molecular complexity index is 2580. The van der Waals surface area contributed by atoms with Crippen LogP contribution in [0.15, 0.2) is 146 Å². The molecule has 8 aromatic carbocycles. The zero-order valence-corrected chi connectivity index (χ0v) is 48.1. The van der Waals surface area contributed by atoms with Gasteiger partial charge in [0.05, 0.1) is 0 Å². The third-order valence-electron chi connectivity index (χ3n) is 15.8. The number of halogens is 2. The van der Waals surface area contributed by atoms with Crippen LogP contribution in [0, 0.1) is 10.8 Å². The van der Waals surface area contributed by atoms with Gasteiger partial charge in [0, 0.05) is 9.52 Å². The van der Waals surface area contributed by atoms with E-state index in [9.17, 15) is 0 Å². The van der Waals surface area contributed by atoms with Crippen molar-refractivity contribution in [3.63, 3.8) is 0 Å². The summed E-state index contributed by atoms with van der Waals surface area (Å²) in [5, 5.41) is 10.9. The Morgan fingerprint density at radius 1 is 0.443 bits per heavy atom. The number of hydrogen-bond acceptors (Lipinski definition) is 0. The van der Waals surface area contributed by atoms with Crippen molar-refractivity contribution in [3.05, 3.63) is 157 Å². The molecule has 2 fully saturated rings. The van der Waals surface area contributed by atoms with Crippen LogP contribution in [0.25, 0.3) is 65.3 Å². The van der Waals surface area contributed by atoms with Gasteiger partial charge in [0.25, 0.3) is 0 Å². The Morgan fingerprint density at radius 2 is 0.786 bits per heavy atom. The van der Waals surface area contributed by atoms with Crippen LogP contribution >= 0.6 is 17.0 Å². The topological polar surface area (TPSA) is 0 Å². The Morgan fingerprint density at radius 3 is 1.14 bits per heavy atom. The first-order chi connectivity index (χ1) is 34.4. The zero-order valence-electron chi connectivity index (χ0n) is 43.2. The first kappa shape index (κ1) is 54.5. The molecular formula is C66H80Cl2SiZr. The molecule has 10 rings (SSSR count). The summed E-state index contributed by atoms with van der Waals surface area (Å²) in [6.45, 7) is 9.07. The fraction of sp³-hybridized carbons (Fsp3) is 0.424. The van der Waals surface area contributed by atoms with E-state index in [-0.39, 0.29) is 0 Å². The summed E-state index contributed by atoms with van der Waals surface area (Å²) in [5.41, 5.74) is 9.53. The first-order valence-electron chi connectivity index (χ1n) is 27.3. The molecule has 70 heavy (non-hydrogen) atoms. The SMILES string of the molecule is CCCC1(Cc2cc3c(-c4ccc5ccccc5c4)cccc3[cH-]2)CCCCCCCC1.CCCC1(Cc2cc3c(-c4ccc5ccccc5c4)cccc3[cH-]2)CCCCCCCC1.C[Si]C.[Cl][Zr+2][Cl]. The van der Waals surface area contributed by atoms with Gasteiger partial charge < -0.3 is 0 Å². The van der Waals surface area contributed by atoms with E-state index in [2.05, 4.69) is 173 Å². The molecule has 0 amide bonds. The number of benzene rings is 6. The van der Waals surface area contributed by atoms with Gasteiger partial charge in [-0.15, -0.1) is 69.1 Å². The summed E-state index contributed by atoms with van der Waals surface area (Å²) < 4.78 is 0. The molecule has 2 radical (unpaired) electrons. The van der Waals surface area contributed by atoms with E-state index in [0.717, 1.165) is 9.52 Å². The monoisotopic (exact) mass is 1060 g/mol. The van der Waals surface area contributed by atoms with Crippen molar-refractivity contribution in [2.24, 2.45) is 10.8 Å². The molecule has 2 aliphatic rings. The summed E-state index contributed by atoms with van der Waals surface area (Å²) in [7, 11) is 11.0. The zero-order chi connectivity index (χ0) is 49.0. The van der Waals surface area contributed by atoms with Crippen LogP contribution < -0.4 is 0 Å². The molecule has 0 unspecified atom stereocenters. The second kappa shape index (κ2) is 28.3. The molecule has 8 aromatic rings. The molecule has 0 atom stereocenters. The van der Waals surface area contributed by atoms with E-state index < -0.39 is 20.8 Å². The van der Waals surface area contributed by atoms with Gasteiger partial charge >= 0.3 is 37.9 Å². The van der Waals surface area contributed by atoms with Gasteiger partial charge in [-0.3, -0.25) is 0 Å². The molecule has 366 valence electrons. The molecule has 0 spiro atoms. The molecule has 4 heteroatoms. The molecule has 0 aromatic heterocycles. The van der Waals surface area contributed by atoms with Gasteiger partial charge in [-0.1, -0.05) is 213 Å². The normalized spacial score (nSPS) is 16.1. The van der Waals surface area contributed by atoms with Crippen molar-refractivity contribution in [2.75, 3.05) is 0 Å². The van der Waals surface area contributed by atoms with Crippen LogP contribution in [0.3, 0.4) is 0 Å². The van der Waals surface area contributed by atoms with E-state index in [1.165, 1.54) is 207 Å². The average molecular weight is 1060 g/mol. The summed E-state index contributed by atoms with van der Waals surface area (Å²) in [6.07, 6.45) is 30.7. The van der Waals surface area contributed by atoms with Gasteiger partial charge in [0.1, 0.15) is 0 Å². The van der Waals surface area contributed by atoms with Gasteiger partial charge in [-0.25, -0.2) is 0 Å². The van der Waals surface area contributed by atoms with E-state index in [1.54, 1.807) is 11.1 Å².